The standard InChI is InChI=1S/C31H36N4O3/c1-20(2)27-14-12-26(19-29(27)37-16-15-35(5)6)33-30(36)18-23-7-9-24(10-8-23)28-13-11-25(17-21(28)3)31-32-22(4)38-34-31/h7-14,17,19-20H,15-16,18H2,1-6H3,(H,33,36). The molecule has 198 valence electrons. The maximum absolute atomic E-state index is 12.8. The zero-order valence-electron chi connectivity index (χ0n) is 23.0. The Morgan fingerprint density at radius 3 is 2.37 bits per heavy atom. The van der Waals surface area contributed by atoms with Gasteiger partial charge in [0.2, 0.25) is 17.6 Å². The van der Waals surface area contributed by atoms with Crippen molar-refractivity contribution in [2.75, 3.05) is 32.6 Å². The molecule has 7 heteroatoms. The SMILES string of the molecule is Cc1nc(-c2ccc(-c3ccc(CC(=O)Nc4ccc(C(C)C)c(OCCN(C)C)c4)cc3)c(C)c2)no1. The summed E-state index contributed by atoms with van der Waals surface area (Å²) in [5.41, 5.74) is 7.07. The number of carbonyl (C=O) groups excluding carboxylic acids is 1. The van der Waals surface area contributed by atoms with Gasteiger partial charge in [0.05, 0.1) is 6.42 Å². The van der Waals surface area contributed by atoms with Crippen molar-refractivity contribution in [3.63, 3.8) is 0 Å². The maximum Gasteiger partial charge on any atom is 0.228 e. The highest BCUT2D eigenvalue weighted by atomic mass is 16.5. The quantitative estimate of drug-likeness (QED) is 0.270. The molecule has 0 unspecified atom stereocenters. The second-order valence-electron chi connectivity index (χ2n) is 10.1. The average molecular weight is 513 g/mol. The van der Waals surface area contributed by atoms with E-state index in [1.807, 2.05) is 50.5 Å². The molecule has 3 aromatic carbocycles. The number of aromatic nitrogens is 2. The fraction of sp³-hybridized carbons (Fsp3) is 0.323. The van der Waals surface area contributed by atoms with Gasteiger partial charge in [-0.05, 0) is 66.9 Å². The first-order valence-corrected chi connectivity index (χ1v) is 12.9. The van der Waals surface area contributed by atoms with Crippen LogP contribution in [0.2, 0.25) is 0 Å². The molecule has 38 heavy (non-hydrogen) atoms. The summed E-state index contributed by atoms with van der Waals surface area (Å²) in [6.07, 6.45) is 0.290. The van der Waals surface area contributed by atoms with Crippen molar-refractivity contribution in [1.82, 2.24) is 15.0 Å². The van der Waals surface area contributed by atoms with Crippen molar-refractivity contribution >= 4 is 11.6 Å². The number of benzene rings is 3. The van der Waals surface area contributed by atoms with Crippen molar-refractivity contribution in [1.29, 1.82) is 0 Å². The Bertz CT molecular complexity index is 1390. The highest BCUT2D eigenvalue weighted by molar-refractivity contribution is 5.92. The van der Waals surface area contributed by atoms with Gasteiger partial charge < -0.3 is 19.5 Å². The van der Waals surface area contributed by atoms with Crippen molar-refractivity contribution < 1.29 is 14.1 Å². The lowest BCUT2D eigenvalue weighted by Gasteiger charge is -2.17. The zero-order valence-corrected chi connectivity index (χ0v) is 23.0. The normalized spacial score (nSPS) is 11.3. The predicted molar refractivity (Wildman–Crippen MR) is 152 cm³/mol. The zero-order chi connectivity index (χ0) is 27.2. The van der Waals surface area contributed by atoms with Crippen molar-refractivity contribution in [2.24, 2.45) is 0 Å². The summed E-state index contributed by atoms with van der Waals surface area (Å²) in [5.74, 6) is 2.22. The van der Waals surface area contributed by atoms with Crippen LogP contribution in [-0.4, -0.2) is 48.2 Å². The Morgan fingerprint density at radius 1 is 1.00 bits per heavy atom. The average Bonchev–Trinajstić information content (AvgIpc) is 3.30. The first-order chi connectivity index (χ1) is 18.2. The van der Waals surface area contributed by atoms with Crippen LogP contribution in [0.25, 0.3) is 22.5 Å². The molecule has 0 aliphatic carbocycles. The molecule has 0 atom stereocenters. The maximum atomic E-state index is 12.8. The van der Waals surface area contributed by atoms with Crippen LogP contribution >= 0.6 is 0 Å². The van der Waals surface area contributed by atoms with Gasteiger partial charge in [-0.15, -0.1) is 0 Å². The number of anilines is 1. The number of ether oxygens (including phenoxy) is 1. The van der Waals surface area contributed by atoms with Gasteiger partial charge in [0.25, 0.3) is 0 Å². The van der Waals surface area contributed by atoms with Crippen LogP contribution < -0.4 is 10.1 Å². The number of likely N-dealkylation sites (N-methyl/N-ethyl adjacent to an activating group) is 1. The van der Waals surface area contributed by atoms with E-state index in [-0.39, 0.29) is 12.3 Å². The number of hydrogen-bond donors (Lipinski definition) is 1. The van der Waals surface area contributed by atoms with Gasteiger partial charge >= 0.3 is 0 Å². The van der Waals surface area contributed by atoms with E-state index in [0.717, 1.165) is 51.4 Å². The van der Waals surface area contributed by atoms with Crippen LogP contribution in [0, 0.1) is 13.8 Å². The number of rotatable bonds is 10. The number of amides is 1. The van der Waals surface area contributed by atoms with E-state index < -0.39 is 0 Å². The largest absolute Gasteiger partial charge is 0.492 e. The molecule has 1 amide bonds. The van der Waals surface area contributed by atoms with Crippen LogP contribution in [0.15, 0.2) is 65.2 Å². The summed E-state index contributed by atoms with van der Waals surface area (Å²) < 4.78 is 11.1. The van der Waals surface area contributed by atoms with E-state index in [4.69, 9.17) is 9.26 Å². The lowest BCUT2D eigenvalue weighted by atomic mass is 9.97. The summed E-state index contributed by atoms with van der Waals surface area (Å²) in [5, 5.41) is 7.03. The summed E-state index contributed by atoms with van der Waals surface area (Å²) in [6, 6.07) is 20.1. The number of nitrogens with zero attached hydrogens (tertiary/aromatic N) is 3. The highest BCUT2D eigenvalue weighted by Gasteiger charge is 2.13. The molecule has 0 aliphatic rings. The van der Waals surface area contributed by atoms with E-state index in [1.54, 1.807) is 6.92 Å². The smallest absolute Gasteiger partial charge is 0.228 e. The topological polar surface area (TPSA) is 80.5 Å². The molecule has 0 fully saturated rings. The minimum Gasteiger partial charge on any atom is -0.492 e. The summed E-state index contributed by atoms with van der Waals surface area (Å²) in [7, 11) is 4.04. The van der Waals surface area contributed by atoms with Crippen LogP contribution in [0.1, 0.15) is 42.3 Å². The van der Waals surface area contributed by atoms with E-state index in [2.05, 4.69) is 65.4 Å². The second-order valence-corrected chi connectivity index (χ2v) is 10.1. The van der Waals surface area contributed by atoms with E-state index in [0.29, 0.717) is 24.2 Å². The summed E-state index contributed by atoms with van der Waals surface area (Å²) >= 11 is 0. The van der Waals surface area contributed by atoms with E-state index in [1.165, 1.54) is 0 Å². The number of nitrogens with one attached hydrogen (secondary N) is 1. The summed E-state index contributed by atoms with van der Waals surface area (Å²) in [6.45, 7) is 9.54. The van der Waals surface area contributed by atoms with Crippen molar-refractivity contribution in [3.8, 4) is 28.3 Å². The Morgan fingerprint density at radius 2 is 1.74 bits per heavy atom. The molecule has 1 N–H and O–H groups in total. The van der Waals surface area contributed by atoms with Gasteiger partial charge in [-0.3, -0.25) is 4.79 Å². The van der Waals surface area contributed by atoms with Crippen LogP contribution in [0.5, 0.6) is 5.75 Å². The number of hydrogen-bond acceptors (Lipinski definition) is 6. The molecular formula is C31H36N4O3. The third-order valence-electron chi connectivity index (χ3n) is 6.36. The van der Waals surface area contributed by atoms with E-state index in [9.17, 15) is 4.79 Å². The van der Waals surface area contributed by atoms with Crippen LogP contribution in [0.4, 0.5) is 5.69 Å². The third kappa shape index (κ3) is 6.86. The predicted octanol–water partition coefficient (Wildman–Crippen LogP) is 6.27. The second kappa shape index (κ2) is 12.0. The molecule has 0 saturated heterocycles. The Balaban J connectivity index is 1.41. The Kier molecular flexibility index (Phi) is 8.59. The minimum atomic E-state index is -0.0646. The van der Waals surface area contributed by atoms with Gasteiger partial charge in [0.1, 0.15) is 12.4 Å². The Hall–Kier alpha value is -3.97. The number of carbonyl (C=O) groups is 1. The van der Waals surface area contributed by atoms with E-state index >= 15 is 0 Å². The third-order valence-corrected chi connectivity index (χ3v) is 6.36. The molecule has 7 nitrogen and oxygen atoms in total. The van der Waals surface area contributed by atoms with Gasteiger partial charge in [-0.25, -0.2) is 0 Å². The van der Waals surface area contributed by atoms with Gasteiger partial charge in [0, 0.05) is 30.8 Å². The molecule has 0 radical (unpaired) electrons. The fourth-order valence-corrected chi connectivity index (χ4v) is 4.29. The Labute approximate surface area is 224 Å². The van der Waals surface area contributed by atoms with Gasteiger partial charge in [0.15, 0.2) is 0 Å². The first kappa shape index (κ1) is 27.1. The molecular weight excluding hydrogens is 476 g/mol. The fourth-order valence-electron chi connectivity index (χ4n) is 4.29. The molecule has 0 saturated carbocycles. The molecule has 0 spiro atoms. The van der Waals surface area contributed by atoms with Gasteiger partial charge in [-0.2, -0.15) is 4.98 Å². The first-order valence-electron chi connectivity index (χ1n) is 12.9. The highest BCUT2D eigenvalue weighted by Crippen LogP contribution is 2.30. The molecule has 4 aromatic rings. The van der Waals surface area contributed by atoms with Crippen LogP contribution in [0.3, 0.4) is 0 Å². The summed E-state index contributed by atoms with van der Waals surface area (Å²) in [4.78, 5) is 19.2. The molecule has 0 aliphatic heterocycles. The molecule has 0 bridgehead atoms. The van der Waals surface area contributed by atoms with Crippen LogP contribution in [-0.2, 0) is 11.2 Å². The molecule has 1 heterocycles. The van der Waals surface area contributed by atoms with Gasteiger partial charge in [-0.1, -0.05) is 61.5 Å². The molecule has 1 aromatic heterocycles. The minimum absolute atomic E-state index is 0.0646. The lowest BCUT2D eigenvalue weighted by molar-refractivity contribution is -0.115. The molecule has 4 rings (SSSR count). The lowest BCUT2D eigenvalue weighted by Crippen LogP contribution is -2.20. The van der Waals surface area contributed by atoms with Crippen molar-refractivity contribution in [3.05, 3.63) is 83.2 Å². The number of aryl methyl sites for hydroxylation is 2. The monoisotopic (exact) mass is 512 g/mol. The van der Waals surface area contributed by atoms with Crippen molar-refractivity contribution in [2.45, 2.75) is 40.0 Å².